The Hall–Kier alpha value is -4.66. The maximum Gasteiger partial charge on any atom is 0.312 e. The highest BCUT2D eigenvalue weighted by Crippen LogP contribution is 2.53. The monoisotopic (exact) mass is 518 g/mol. The molecule has 3 aromatic rings. The zero-order valence-electron chi connectivity index (χ0n) is 21.6. The fourth-order valence-corrected chi connectivity index (χ4v) is 4.94. The number of benzene rings is 3. The summed E-state index contributed by atoms with van der Waals surface area (Å²) >= 11 is 0. The zero-order valence-corrected chi connectivity index (χ0v) is 21.6. The van der Waals surface area contributed by atoms with Gasteiger partial charge in [-0.15, -0.1) is 0 Å². The highest BCUT2D eigenvalue weighted by atomic mass is 16.5. The van der Waals surface area contributed by atoms with Gasteiger partial charge in [-0.2, -0.15) is 0 Å². The first kappa shape index (κ1) is 25.0. The molecule has 0 N–H and O–H groups in total. The smallest absolute Gasteiger partial charge is 0.312 e. The molecule has 2 aliphatic heterocycles. The standard InChI is InChI=1S/C29H26O9/c1-32-20-8-6-7-15(26(20)34-3)13-22-25(31)17-10-11-19-24(27(17)38-22)18(14-23(30)37-19)16-9-12-21(33-2)29(36-5)28(16)35-4/h6-13,18H,14H2,1-5H3/b22-13-/t18-/m0/s1. The summed E-state index contributed by atoms with van der Waals surface area (Å²) < 4.78 is 39.3. The molecule has 0 spiro atoms. The number of allylic oxidation sites excluding steroid dienone is 1. The molecular weight excluding hydrogens is 492 g/mol. The number of methoxy groups -OCH3 is 5. The van der Waals surface area contributed by atoms with Gasteiger partial charge in [-0.05, 0) is 30.3 Å². The van der Waals surface area contributed by atoms with Crippen molar-refractivity contribution in [2.75, 3.05) is 35.5 Å². The average molecular weight is 519 g/mol. The molecule has 0 radical (unpaired) electrons. The van der Waals surface area contributed by atoms with E-state index in [-0.39, 0.29) is 18.0 Å². The number of hydrogen-bond acceptors (Lipinski definition) is 9. The second kappa shape index (κ2) is 10.0. The molecule has 5 rings (SSSR count). The molecule has 0 bridgehead atoms. The van der Waals surface area contributed by atoms with Gasteiger partial charge in [0.2, 0.25) is 11.5 Å². The second-order valence-corrected chi connectivity index (χ2v) is 8.53. The minimum absolute atomic E-state index is 0.00953. The highest BCUT2D eigenvalue weighted by molar-refractivity contribution is 6.15. The topological polar surface area (TPSA) is 98.8 Å². The summed E-state index contributed by atoms with van der Waals surface area (Å²) in [6, 6.07) is 12.1. The van der Waals surface area contributed by atoms with Gasteiger partial charge in [0.25, 0.3) is 0 Å². The van der Waals surface area contributed by atoms with Crippen molar-refractivity contribution in [3.63, 3.8) is 0 Å². The van der Waals surface area contributed by atoms with Gasteiger partial charge in [0.15, 0.2) is 28.8 Å². The van der Waals surface area contributed by atoms with Crippen molar-refractivity contribution in [3.05, 3.63) is 70.5 Å². The first-order valence-electron chi connectivity index (χ1n) is 11.8. The van der Waals surface area contributed by atoms with E-state index in [9.17, 15) is 9.59 Å². The van der Waals surface area contributed by atoms with Crippen molar-refractivity contribution in [2.24, 2.45) is 0 Å². The molecule has 0 amide bonds. The van der Waals surface area contributed by atoms with Crippen LogP contribution in [0.15, 0.2) is 48.2 Å². The van der Waals surface area contributed by atoms with Crippen molar-refractivity contribution in [1.82, 2.24) is 0 Å². The second-order valence-electron chi connectivity index (χ2n) is 8.53. The quantitative estimate of drug-likeness (QED) is 0.248. The van der Waals surface area contributed by atoms with Crippen molar-refractivity contribution in [2.45, 2.75) is 12.3 Å². The lowest BCUT2D eigenvalue weighted by molar-refractivity contribution is -0.135. The predicted molar refractivity (Wildman–Crippen MR) is 137 cm³/mol. The predicted octanol–water partition coefficient (Wildman–Crippen LogP) is 4.79. The van der Waals surface area contributed by atoms with Crippen LogP contribution in [-0.4, -0.2) is 47.3 Å². The van der Waals surface area contributed by atoms with Crippen LogP contribution in [0.3, 0.4) is 0 Å². The van der Waals surface area contributed by atoms with Gasteiger partial charge in [-0.1, -0.05) is 18.2 Å². The molecule has 196 valence electrons. The number of esters is 1. The number of carbonyl (C=O) groups is 2. The molecule has 2 heterocycles. The minimum atomic E-state index is -0.533. The first-order chi connectivity index (χ1) is 18.4. The lowest BCUT2D eigenvalue weighted by Crippen LogP contribution is -2.22. The fraction of sp³-hybridized carbons (Fsp3) is 0.241. The van der Waals surface area contributed by atoms with E-state index in [4.69, 9.17) is 33.2 Å². The van der Waals surface area contributed by atoms with E-state index < -0.39 is 11.9 Å². The maximum atomic E-state index is 13.4. The molecule has 9 heteroatoms. The molecule has 9 nitrogen and oxygen atoms in total. The van der Waals surface area contributed by atoms with Crippen LogP contribution in [0.4, 0.5) is 0 Å². The third-order valence-electron chi connectivity index (χ3n) is 6.61. The number of ketones is 1. The van der Waals surface area contributed by atoms with Crippen molar-refractivity contribution in [1.29, 1.82) is 0 Å². The van der Waals surface area contributed by atoms with E-state index in [1.807, 2.05) is 0 Å². The molecule has 0 saturated heterocycles. The number of ether oxygens (including phenoxy) is 7. The SMILES string of the molecule is COc1cccc(/C=C2\Oc3c(ccc4c3[C@H](c3ccc(OC)c(OC)c3OC)CC(=O)O4)C2=O)c1OC. The molecular formula is C29H26O9. The summed E-state index contributed by atoms with van der Waals surface area (Å²) in [5.41, 5.74) is 2.21. The Morgan fingerprint density at radius 1 is 0.763 bits per heavy atom. The lowest BCUT2D eigenvalue weighted by Gasteiger charge is -2.28. The van der Waals surface area contributed by atoms with Gasteiger partial charge < -0.3 is 33.2 Å². The van der Waals surface area contributed by atoms with E-state index in [1.165, 1.54) is 35.5 Å². The molecule has 0 fully saturated rings. The summed E-state index contributed by atoms with van der Waals surface area (Å²) in [6.45, 7) is 0. The van der Waals surface area contributed by atoms with Crippen LogP contribution in [0.1, 0.15) is 39.4 Å². The van der Waals surface area contributed by atoms with Gasteiger partial charge in [0.05, 0.1) is 47.5 Å². The van der Waals surface area contributed by atoms with Gasteiger partial charge in [-0.25, -0.2) is 0 Å². The molecule has 38 heavy (non-hydrogen) atoms. The molecule has 0 aromatic heterocycles. The summed E-state index contributed by atoms with van der Waals surface area (Å²) in [6.07, 6.45) is 1.62. The van der Waals surface area contributed by atoms with Gasteiger partial charge in [0.1, 0.15) is 11.5 Å². The van der Waals surface area contributed by atoms with E-state index in [2.05, 4.69) is 0 Å². The first-order valence-corrected chi connectivity index (χ1v) is 11.8. The molecule has 3 aromatic carbocycles. The van der Waals surface area contributed by atoms with E-state index in [1.54, 1.807) is 48.5 Å². The highest BCUT2D eigenvalue weighted by Gasteiger charge is 2.40. The van der Waals surface area contributed by atoms with E-state index in [0.29, 0.717) is 62.5 Å². The van der Waals surface area contributed by atoms with Crippen LogP contribution in [-0.2, 0) is 4.79 Å². The number of carbonyl (C=O) groups excluding carboxylic acids is 2. The van der Waals surface area contributed by atoms with Crippen molar-refractivity contribution in [3.8, 4) is 40.2 Å². The molecule has 2 aliphatic rings. The van der Waals surface area contributed by atoms with Crippen molar-refractivity contribution < 1.29 is 42.7 Å². The Morgan fingerprint density at radius 3 is 2.16 bits per heavy atom. The van der Waals surface area contributed by atoms with Crippen LogP contribution in [0.5, 0.6) is 40.2 Å². The lowest BCUT2D eigenvalue weighted by atomic mass is 9.84. The normalized spacial score (nSPS) is 16.8. The summed E-state index contributed by atoms with van der Waals surface area (Å²) in [5.74, 6) is 1.78. The summed E-state index contributed by atoms with van der Waals surface area (Å²) in [7, 11) is 7.62. The number of fused-ring (bicyclic) bond motifs is 3. The minimum Gasteiger partial charge on any atom is -0.493 e. The Kier molecular flexibility index (Phi) is 6.59. The van der Waals surface area contributed by atoms with Gasteiger partial charge in [-0.3, -0.25) is 9.59 Å². The largest absolute Gasteiger partial charge is 0.493 e. The number of hydrogen-bond donors (Lipinski definition) is 0. The number of Topliss-reactive ketones (excluding diaryl/α,β-unsaturated/α-hetero) is 1. The van der Waals surface area contributed by atoms with E-state index >= 15 is 0 Å². The maximum absolute atomic E-state index is 13.4. The summed E-state index contributed by atoms with van der Waals surface area (Å²) in [5, 5.41) is 0. The Balaban J connectivity index is 1.65. The molecule has 0 aliphatic carbocycles. The fourth-order valence-electron chi connectivity index (χ4n) is 4.94. The Bertz CT molecular complexity index is 1470. The molecule has 0 saturated carbocycles. The van der Waals surface area contributed by atoms with Crippen LogP contribution >= 0.6 is 0 Å². The molecule has 1 atom stereocenters. The third kappa shape index (κ3) is 3.96. The van der Waals surface area contributed by atoms with Crippen LogP contribution in [0.2, 0.25) is 0 Å². The molecule has 0 unspecified atom stereocenters. The average Bonchev–Trinajstić information content (AvgIpc) is 3.25. The number of para-hydroxylation sites is 1. The Labute approximate surface area is 219 Å². The van der Waals surface area contributed by atoms with Gasteiger partial charge >= 0.3 is 5.97 Å². The zero-order chi connectivity index (χ0) is 27.0. The van der Waals surface area contributed by atoms with Gasteiger partial charge in [0, 0.05) is 22.6 Å². The van der Waals surface area contributed by atoms with Crippen LogP contribution < -0.4 is 33.2 Å². The Morgan fingerprint density at radius 2 is 1.47 bits per heavy atom. The van der Waals surface area contributed by atoms with Crippen LogP contribution in [0.25, 0.3) is 6.08 Å². The van der Waals surface area contributed by atoms with Crippen LogP contribution in [0, 0.1) is 0 Å². The number of rotatable bonds is 7. The third-order valence-corrected chi connectivity index (χ3v) is 6.61. The van der Waals surface area contributed by atoms with Crippen molar-refractivity contribution >= 4 is 17.8 Å². The van der Waals surface area contributed by atoms with E-state index in [0.717, 1.165) is 0 Å². The summed E-state index contributed by atoms with van der Waals surface area (Å²) in [4.78, 5) is 26.0.